The Morgan fingerprint density at radius 1 is 1.09 bits per heavy atom. The summed E-state index contributed by atoms with van der Waals surface area (Å²) in [6.07, 6.45) is -0.272. The molecule has 0 saturated carbocycles. The van der Waals surface area contributed by atoms with E-state index in [0.29, 0.717) is 18.1 Å². The van der Waals surface area contributed by atoms with Gasteiger partial charge in [-0.15, -0.1) is 11.8 Å². The van der Waals surface area contributed by atoms with Gasteiger partial charge in [-0.25, -0.2) is 9.59 Å². The van der Waals surface area contributed by atoms with E-state index in [9.17, 15) is 19.5 Å². The van der Waals surface area contributed by atoms with Gasteiger partial charge in [0.1, 0.15) is 18.7 Å². The van der Waals surface area contributed by atoms with E-state index in [2.05, 4.69) is 17.4 Å². The quantitative estimate of drug-likeness (QED) is 0.639. The maximum absolute atomic E-state index is 13.1. The van der Waals surface area contributed by atoms with Gasteiger partial charge in [0.2, 0.25) is 5.91 Å². The van der Waals surface area contributed by atoms with Crippen molar-refractivity contribution < 1.29 is 24.2 Å². The lowest BCUT2D eigenvalue weighted by Gasteiger charge is -2.27. The molecule has 2 aliphatic rings. The predicted octanol–water partition coefficient (Wildman–Crippen LogP) is 3.93. The van der Waals surface area contributed by atoms with E-state index >= 15 is 0 Å². The first-order valence-corrected chi connectivity index (χ1v) is 12.2. The number of alkyl carbamates (subject to hydrolysis) is 1. The van der Waals surface area contributed by atoms with Gasteiger partial charge < -0.3 is 20.1 Å². The van der Waals surface area contributed by atoms with Gasteiger partial charge in [0.25, 0.3) is 0 Å². The molecule has 2 atom stereocenters. The highest BCUT2D eigenvalue weighted by molar-refractivity contribution is 7.99. The van der Waals surface area contributed by atoms with Crippen LogP contribution in [0.1, 0.15) is 37.3 Å². The fraction of sp³-hybridized carbons (Fsp3) is 0.400. The lowest BCUT2D eigenvalue weighted by molar-refractivity contribution is -0.148. The molecular weight excluding hydrogens is 440 g/mol. The fourth-order valence-corrected chi connectivity index (χ4v) is 5.69. The Morgan fingerprint density at radius 2 is 1.70 bits per heavy atom. The van der Waals surface area contributed by atoms with Crippen LogP contribution in [0.5, 0.6) is 0 Å². The van der Waals surface area contributed by atoms with Crippen LogP contribution in [0.25, 0.3) is 11.1 Å². The number of carbonyl (C=O) groups is 3. The molecule has 2 N–H and O–H groups in total. The minimum atomic E-state index is -1.03. The first-order valence-electron chi connectivity index (χ1n) is 11.1. The Hall–Kier alpha value is -3.00. The first-order chi connectivity index (χ1) is 15.9. The van der Waals surface area contributed by atoms with E-state index in [0.717, 1.165) is 22.3 Å². The number of aliphatic carboxylic acids is 1. The molecule has 1 aliphatic heterocycles. The van der Waals surface area contributed by atoms with Crippen LogP contribution in [-0.4, -0.2) is 58.3 Å². The van der Waals surface area contributed by atoms with Crippen molar-refractivity contribution in [3.8, 4) is 11.1 Å². The van der Waals surface area contributed by atoms with Gasteiger partial charge in [-0.05, 0) is 34.6 Å². The van der Waals surface area contributed by atoms with E-state index in [1.807, 2.05) is 50.2 Å². The van der Waals surface area contributed by atoms with Crippen molar-refractivity contribution in [1.82, 2.24) is 10.2 Å². The van der Waals surface area contributed by atoms with Crippen molar-refractivity contribution in [2.45, 2.75) is 38.3 Å². The molecule has 8 heteroatoms. The van der Waals surface area contributed by atoms with Gasteiger partial charge in [-0.3, -0.25) is 4.79 Å². The molecule has 2 aromatic rings. The molecule has 2 amide bonds. The maximum Gasteiger partial charge on any atom is 0.407 e. The van der Waals surface area contributed by atoms with Crippen LogP contribution in [0.4, 0.5) is 4.79 Å². The van der Waals surface area contributed by atoms with Gasteiger partial charge in [0, 0.05) is 11.7 Å². The average molecular weight is 469 g/mol. The topological polar surface area (TPSA) is 95.9 Å². The summed E-state index contributed by atoms with van der Waals surface area (Å²) in [7, 11) is 0. The number of nitrogens with zero attached hydrogens (tertiary/aromatic N) is 1. The molecular formula is C25H28N2O5S. The molecule has 0 radical (unpaired) electrons. The number of carboxylic acid groups (broad SMARTS) is 1. The zero-order valence-electron chi connectivity index (χ0n) is 18.7. The number of hydrogen-bond donors (Lipinski definition) is 2. The normalized spacial score (nSPS) is 18.0. The zero-order valence-corrected chi connectivity index (χ0v) is 19.5. The molecule has 1 fully saturated rings. The minimum absolute atomic E-state index is 0.0752. The third-order valence-corrected chi connectivity index (χ3v) is 7.10. The number of hydrogen-bond acceptors (Lipinski definition) is 5. The molecule has 0 bridgehead atoms. The lowest BCUT2D eigenvalue weighted by atomic mass is 9.98. The van der Waals surface area contributed by atoms with Gasteiger partial charge in [0.15, 0.2) is 0 Å². The molecule has 2 aromatic carbocycles. The third kappa shape index (κ3) is 4.85. The van der Waals surface area contributed by atoms with Crippen molar-refractivity contribution >= 4 is 29.7 Å². The molecule has 1 saturated heterocycles. The fourth-order valence-electron chi connectivity index (χ4n) is 4.54. The largest absolute Gasteiger partial charge is 0.480 e. The highest BCUT2D eigenvalue weighted by atomic mass is 32.2. The van der Waals surface area contributed by atoms with Gasteiger partial charge >= 0.3 is 12.1 Å². The van der Waals surface area contributed by atoms with Crippen LogP contribution in [0.15, 0.2) is 48.5 Å². The SMILES string of the molecule is CC(C)C[C@H](NC(=O)OCC1c2ccccc2-c2ccccc21)C(=O)N1CSCC1C(=O)O. The second kappa shape index (κ2) is 9.87. The highest BCUT2D eigenvalue weighted by Crippen LogP contribution is 2.44. The van der Waals surface area contributed by atoms with Crippen LogP contribution < -0.4 is 5.32 Å². The van der Waals surface area contributed by atoms with E-state index in [1.54, 1.807) is 0 Å². The molecule has 1 unspecified atom stereocenters. The number of amides is 2. The summed E-state index contributed by atoms with van der Waals surface area (Å²) in [5, 5.41) is 12.1. The van der Waals surface area contributed by atoms with Crippen molar-refractivity contribution in [1.29, 1.82) is 0 Å². The first kappa shape index (κ1) is 23.2. The molecule has 0 spiro atoms. The molecule has 174 valence electrons. The number of benzene rings is 2. The number of carboxylic acids is 1. The van der Waals surface area contributed by atoms with E-state index < -0.39 is 24.1 Å². The van der Waals surface area contributed by atoms with Crippen molar-refractivity contribution in [2.75, 3.05) is 18.2 Å². The summed E-state index contributed by atoms with van der Waals surface area (Å²) in [5.74, 6) is -0.704. The molecule has 1 heterocycles. The summed E-state index contributed by atoms with van der Waals surface area (Å²) >= 11 is 1.40. The van der Waals surface area contributed by atoms with Gasteiger partial charge in [0.05, 0.1) is 5.88 Å². The predicted molar refractivity (Wildman–Crippen MR) is 127 cm³/mol. The molecule has 7 nitrogen and oxygen atoms in total. The van der Waals surface area contributed by atoms with Crippen LogP contribution in [0, 0.1) is 5.92 Å². The number of fused-ring (bicyclic) bond motifs is 3. The van der Waals surface area contributed by atoms with Gasteiger partial charge in [-0.2, -0.15) is 0 Å². The van der Waals surface area contributed by atoms with Crippen LogP contribution in [0.2, 0.25) is 0 Å². The zero-order chi connectivity index (χ0) is 23.5. The summed E-state index contributed by atoms with van der Waals surface area (Å²) < 4.78 is 5.60. The molecule has 33 heavy (non-hydrogen) atoms. The standard InChI is InChI=1S/C25H28N2O5S/c1-15(2)11-21(23(28)27-14-33-13-22(27)24(29)30)26-25(31)32-12-20-18-9-5-3-7-16(18)17-8-4-6-10-19(17)20/h3-10,15,20-22H,11-14H2,1-2H3,(H,26,31)(H,29,30)/t21-,22?/m0/s1. The number of ether oxygens (including phenoxy) is 1. The lowest BCUT2D eigenvalue weighted by Crippen LogP contribution is -2.52. The second-order valence-corrected chi connectivity index (χ2v) is 9.81. The smallest absolute Gasteiger partial charge is 0.407 e. The number of nitrogens with one attached hydrogen (secondary N) is 1. The number of carbonyl (C=O) groups excluding carboxylic acids is 2. The van der Waals surface area contributed by atoms with Crippen molar-refractivity contribution in [3.05, 3.63) is 59.7 Å². The molecule has 4 rings (SSSR count). The third-order valence-electron chi connectivity index (χ3n) is 6.09. The highest BCUT2D eigenvalue weighted by Gasteiger charge is 2.38. The Bertz CT molecular complexity index is 1010. The minimum Gasteiger partial charge on any atom is -0.480 e. The summed E-state index contributed by atoms with van der Waals surface area (Å²) in [5.41, 5.74) is 4.50. The monoisotopic (exact) mass is 468 g/mol. The second-order valence-electron chi connectivity index (χ2n) is 8.81. The van der Waals surface area contributed by atoms with Crippen molar-refractivity contribution in [3.63, 3.8) is 0 Å². The molecule has 0 aromatic heterocycles. The summed E-state index contributed by atoms with van der Waals surface area (Å²) in [6, 6.07) is 14.5. The number of thioether (sulfide) groups is 1. The summed E-state index contributed by atoms with van der Waals surface area (Å²) in [4.78, 5) is 38.7. The summed E-state index contributed by atoms with van der Waals surface area (Å²) in [6.45, 7) is 4.06. The van der Waals surface area contributed by atoms with E-state index in [1.165, 1.54) is 16.7 Å². The average Bonchev–Trinajstić information content (AvgIpc) is 3.40. The molecule has 1 aliphatic carbocycles. The number of rotatable bonds is 7. The van der Waals surface area contributed by atoms with Crippen molar-refractivity contribution in [2.24, 2.45) is 5.92 Å². The maximum atomic E-state index is 13.1. The Kier molecular flexibility index (Phi) is 6.93. The Morgan fingerprint density at radius 3 is 2.27 bits per heavy atom. The van der Waals surface area contributed by atoms with Crippen LogP contribution in [0.3, 0.4) is 0 Å². The Labute approximate surface area is 197 Å². The van der Waals surface area contributed by atoms with E-state index in [4.69, 9.17) is 4.74 Å². The Balaban J connectivity index is 1.44. The van der Waals surface area contributed by atoms with Gasteiger partial charge in [-0.1, -0.05) is 62.4 Å². The van der Waals surface area contributed by atoms with Crippen LogP contribution >= 0.6 is 11.8 Å². The van der Waals surface area contributed by atoms with Crippen LogP contribution in [-0.2, 0) is 14.3 Å². The van der Waals surface area contributed by atoms with E-state index in [-0.39, 0.29) is 24.3 Å².